The third-order valence-corrected chi connectivity index (χ3v) is 4.18. The molecule has 1 N–H and O–H groups in total. The second kappa shape index (κ2) is 9.04. The molecule has 0 fully saturated rings. The highest BCUT2D eigenvalue weighted by Crippen LogP contribution is 2.21. The summed E-state index contributed by atoms with van der Waals surface area (Å²) < 4.78 is 5.24. The third-order valence-electron chi connectivity index (χ3n) is 4.18. The molecule has 5 heteroatoms. The average molecular weight is 354 g/mol. The van der Waals surface area contributed by atoms with Crippen LogP contribution in [0.1, 0.15) is 34.3 Å². The van der Waals surface area contributed by atoms with E-state index >= 15 is 0 Å². The van der Waals surface area contributed by atoms with Crippen molar-refractivity contribution in [2.24, 2.45) is 0 Å². The highest BCUT2D eigenvalue weighted by molar-refractivity contribution is 6.00. The van der Waals surface area contributed by atoms with Gasteiger partial charge in [-0.2, -0.15) is 0 Å². The number of ether oxygens (including phenoxy) is 1. The Morgan fingerprint density at radius 3 is 2.35 bits per heavy atom. The molecule has 2 rings (SSSR count). The summed E-state index contributed by atoms with van der Waals surface area (Å²) in [5, 5.41) is 2.86. The number of benzene rings is 2. The van der Waals surface area contributed by atoms with E-state index in [1.54, 1.807) is 12.1 Å². The topological polar surface area (TPSA) is 58.6 Å². The number of carbonyl (C=O) groups excluding carboxylic acids is 2. The fourth-order valence-corrected chi connectivity index (χ4v) is 2.60. The lowest BCUT2D eigenvalue weighted by Gasteiger charge is -2.13. The molecule has 1 amide bonds. The fraction of sp³-hybridized carbons (Fsp3) is 0.333. The number of ketones is 1. The molecule has 2 aromatic carbocycles. The van der Waals surface area contributed by atoms with Crippen molar-refractivity contribution in [3.8, 4) is 5.75 Å². The summed E-state index contributed by atoms with van der Waals surface area (Å²) in [4.78, 5) is 26.5. The van der Waals surface area contributed by atoms with Gasteiger partial charge in [0.05, 0.1) is 12.7 Å². The van der Waals surface area contributed by atoms with Gasteiger partial charge in [0.2, 0.25) is 5.91 Å². The van der Waals surface area contributed by atoms with Gasteiger partial charge in [0.25, 0.3) is 0 Å². The lowest BCUT2D eigenvalue weighted by molar-refractivity contribution is -0.121. The predicted octanol–water partition coefficient (Wildman–Crippen LogP) is 3.35. The Labute approximate surface area is 155 Å². The number of amides is 1. The van der Waals surface area contributed by atoms with E-state index in [4.69, 9.17) is 4.74 Å². The molecule has 0 bridgehead atoms. The monoisotopic (exact) mass is 354 g/mol. The van der Waals surface area contributed by atoms with E-state index in [1.807, 2.05) is 56.3 Å². The molecule has 0 aromatic heterocycles. The molecule has 0 heterocycles. The van der Waals surface area contributed by atoms with Crippen LogP contribution in [0, 0.1) is 6.92 Å². The quantitative estimate of drug-likeness (QED) is 0.739. The maximum atomic E-state index is 12.4. The number of rotatable bonds is 8. The average Bonchev–Trinajstić information content (AvgIpc) is 2.64. The van der Waals surface area contributed by atoms with Gasteiger partial charge in [-0.1, -0.05) is 23.8 Å². The standard InChI is InChI=1S/C21H26N2O3/c1-15-5-11-20(26-4)18(13-15)19(24)10-12-21(25)22-14-16-6-8-17(9-7-16)23(2)3/h5-9,11,13H,10,12,14H2,1-4H3,(H,22,25). The summed E-state index contributed by atoms with van der Waals surface area (Å²) in [5.74, 6) is 0.319. The maximum Gasteiger partial charge on any atom is 0.220 e. The summed E-state index contributed by atoms with van der Waals surface area (Å²) >= 11 is 0. The van der Waals surface area contributed by atoms with Crippen LogP contribution in [0.15, 0.2) is 42.5 Å². The first-order valence-electron chi connectivity index (χ1n) is 8.61. The van der Waals surface area contributed by atoms with Crippen LogP contribution in [0.5, 0.6) is 5.75 Å². The van der Waals surface area contributed by atoms with Crippen LogP contribution in [0.2, 0.25) is 0 Å². The second-order valence-corrected chi connectivity index (χ2v) is 6.46. The van der Waals surface area contributed by atoms with Crippen molar-refractivity contribution in [3.05, 3.63) is 59.2 Å². The normalized spacial score (nSPS) is 10.3. The largest absolute Gasteiger partial charge is 0.496 e. The van der Waals surface area contributed by atoms with Crippen molar-refractivity contribution < 1.29 is 14.3 Å². The zero-order valence-electron chi connectivity index (χ0n) is 15.8. The molecular weight excluding hydrogens is 328 g/mol. The first kappa shape index (κ1) is 19.5. The van der Waals surface area contributed by atoms with Crippen molar-refractivity contribution in [2.75, 3.05) is 26.1 Å². The molecule has 0 saturated heterocycles. The highest BCUT2D eigenvalue weighted by Gasteiger charge is 2.14. The smallest absolute Gasteiger partial charge is 0.220 e. The minimum absolute atomic E-state index is 0.0870. The van der Waals surface area contributed by atoms with Gasteiger partial charge in [-0.25, -0.2) is 0 Å². The van der Waals surface area contributed by atoms with Gasteiger partial charge in [-0.15, -0.1) is 0 Å². The van der Waals surface area contributed by atoms with Gasteiger partial charge < -0.3 is 15.0 Å². The summed E-state index contributed by atoms with van der Waals surface area (Å²) in [5.41, 5.74) is 3.65. The Hall–Kier alpha value is -2.82. The molecule has 0 spiro atoms. The van der Waals surface area contributed by atoms with Crippen LogP contribution in [-0.4, -0.2) is 32.9 Å². The van der Waals surface area contributed by atoms with Crippen LogP contribution >= 0.6 is 0 Å². The number of nitrogens with one attached hydrogen (secondary N) is 1. The maximum absolute atomic E-state index is 12.4. The van der Waals surface area contributed by atoms with Gasteiger partial charge in [-0.3, -0.25) is 9.59 Å². The minimum atomic E-state index is -0.137. The Kier molecular flexibility index (Phi) is 6.78. The van der Waals surface area contributed by atoms with Gasteiger partial charge >= 0.3 is 0 Å². The van der Waals surface area contributed by atoms with Crippen molar-refractivity contribution in [1.29, 1.82) is 0 Å². The molecule has 138 valence electrons. The first-order chi connectivity index (χ1) is 12.4. The number of methoxy groups -OCH3 is 1. The molecular formula is C21H26N2O3. The third kappa shape index (κ3) is 5.34. The van der Waals surface area contributed by atoms with E-state index in [0.717, 1.165) is 16.8 Å². The van der Waals surface area contributed by atoms with Crippen molar-refractivity contribution >= 4 is 17.4 Å². The Balaban J connectivity index is 1.85. The first-order valence-corrected chi connectivity index (χ1v) is 8.61. The SMILES string of the molecule is COc1ccc(C)cc1C(=O)CCC(=O)NCc1ccc(N(C)C)cc1. The Morgan fingerprint density at radius 1 is 1.04 bits per heavy atom. The number of hydrogen-bond acceptors (Lipinski definition) is 4. The van der Waals surface area contributed by atoms with Crippen LogP contribution in [-0.2, 0) is 11.3 Å². The van der Waals surface area contributed by atoms with E-state index in [-0.39, 0.29) is 24.5 Å². The van der Waals surface area contributed by atoms with Crippen LogP contribution < -0.4 is 15.0 Å². The zero-order chi connectivity index (χ0) is 19.1. The second-order valence-electron chi connectivity index (χ2n) is 6.46. The molecule has 26 heavy (non-hydrogen) atoms. The van der Waals surface area contributed by atoms with Gasteiger partial charge in [0, 0.05) is 39.2 Å². The van der Waals surface area contributed by atoms with E-state index in [1.165, 1.54) is 7.11 Å². The Morgan fingerprint density at radius 2 is 1.73 bits per heavy atom. The van der Waals surface area contributed by atoms with Gasteiger partial charge in [0.15, 0.2) is 5.78 Å². The van der Waals surface area contributed by atoms with Crippen molar-refractivity contribution in [3.63, 3.8) is 0 Å². The molecule has 2 aromatic rings. The number of aryl methyl sites for hydroxylation is 1. The van der Waals surface area contributed by atoms with E-state index in [9.17, 15) is 9.59 Å². The molecule has 0 aliphatic rings. The lowest BCUT2D eigenvalue weighted by Crippen LogP contribution is -2.23. The number of anilines is 1. The highest BCUT2D eigenvalue weighted by atomic mass is 16.5. The Bertz CT molecular complexity index is 767. The zero-order valence-corrected chi connectivity index (χ0v) is 15.8. The molecule has 0 aliphatic heterocycles. The molecule has 0 saturated carbocycles. The van der Waals surface area contributed by atoms with Crippen LogP contribution in [0.3, 0.4) is 0 Å². The van der Waals surface area contributed by atoms with E-state index < -0.39 is 0 Å². The number of Topliss-reactive ketones (excluding diaryl/α,β-unsaturated/α-hetero) is 1. The van der Waals surface area contributed by atoms with Gasteiger partial charge in [-0.05, 0) is 36.8 Å². The summed E-state index contributed by atoms with van der Waals surface area (Å²) in [6.45, 7) is 2.37. The van der Waals surface area contributed by atoms with Crippen molar-refractivity contribution in [2.45, 2.75) is 26.3 Å². The summed E-state index contributed by atoms with van der Waals surface area (Å²) in [6.07, 6.45) is 0.316. The fourth-order valence-electron chi connectivity index (χ4n) is 2.60. The molecule has 0 aliphatic carbocycles. The van der Waals surface area contributed by atoms with E-state index in [2.05, 4.69) is 5.32 Å². The number of nitrogens with zero attached hydrogens (tertiary/aromatic N) is 1. The molecule has 0 radical (unpaired) electrons. The summed E-state index contributed by atoms with van der Waals surface area (Å²) in [6, 6.07) is 13.5. The minimum Gasteiger partial charge on any atom is -0.496 e. The number of carbonyl (C=O) groups is 2. The summed E-state index contributed by atoms with van der Waals surface area (Å²) in [7, 11) is 5.50. The van der Waals surface area contributed by atoms with Crippen LogP contribution in [0.25, 0.3) is 0 Å². The van der Waals surface area contributed by atoms with E-state index in [0.29, 0.717) is 17.9 Å². The molecule has 0 atom stereocenters. The molecule has 5 nitrogen and oxygen atoms in total. The van der Waals surface area contributed by atoms with Gasteiger partial charge in [0.1, 0.15) is 5.75 Å². The van der Waals surface area contributed by atoms with Crippen molar-refractivity contribution in [1.82, 2.24) is 5.32 Å². The predicted molar refractivity (Wildman–Crippen MR) is 104 cm³/mol. The molecule has 0 unspecified atom stereocenters. The lowest BCUT2D eigenvalue weighted by atomic mass is 10.0. The number of hydrogen-bond donors (Lipinski definition) is 1. The van der Waals surface area contributed by atoms with Crippen LogP contribution in [0.4, 0.5) is 5.69 Å².